The second kappa shape index (κ2) is 18.6. The first-order chi connectivity index (χ1) is 19.9. The lowest BCUT2D eigenvalue weighted by atomic mass is 9.97. The Bertz CT molecular complexity index is 823. The van der Waals surface area contributed by atoms with Crippen molar-refractivity contribution < 1.29 is 78.9 Å². The monoisotopic (exact) mass is 616 g/mol. The van der Waals surface area contributed by atoms with Gasteiger partial charge in [-0.2, -0.15) is 0 Å². The van der Waals surface area contributed by atoms with E-state index in [0.29, 0.717) is 6.41 Å². The molecule has 246 valence electrons. The first-order valence-electron chi connectivity index (χ1n) is 13.2. The smallest absolute Gasteiger partial charge is 0.364 e. The number of amides is 2. The predicted octanol–water partition coefficient (Wildman–Crippen LogP) is -5.23. The molecule has 11 atom stereocenters. The van der Waals surface area contributed by atoms with E-state index in [0.717, 1.165) is 6.92 Å². The van der Waals surface area contributed by atoms with Crippen LogP contribution in [0.3, 0.4) is 0 Å². The maximum atomic E-state index is 12.5. The zero-order chi connectivity index (χ0) is 32.0. The van der Waals surface area contributed by atoms with Crippen molar-refractivity contribution in [3.63, 3.8) is 0 Å². The van der Waals surface area contributed by atoms with E-state index in [4.69, 9.17) is 23.7 Å². The largest absolute Gasteiger partial charge is 0.477 e. The Labute approximate surface area is 242 Å². The molecule has 1 rings (SSSR count). The molecule has 1 aliphatic heterocycles. The minimum absolute atomic E-state index is 0.0665. The van der Waals surface area contributed by atoms with Crippen molar-refractivity contribution in [3.05, 3.63) is 0 Å². The molecule has 3 unspecified atom stereocenters. The van der Waals surface area contributed by atoms with E-state index in [-0.39, 0.29) is 13.0 Å². The standard InChI is InChI=1S/C24H44N2O16/c1-4-24(23(36)37,41-16(8-26-12(2)31)18(33)13(32)9-28)42-21-19(34)17(10-29)40-22(20(21)35)39-14(5-6-27)15(38-3)7-25-11-30/h11,13-22,27-29,32-35H,4-10H2,1-3H3,(H,25,30)(H,26,31)(H,36,37)/t13-,14-,15-,16?,17+,18-,19+,20?,21?,22-,24+/m1/s1. The summed E-state index contributed by atoms with van der Waals surface area (Å²) in [7, 11) is 1.30. The van der Waals surface area contributed by atoms with Crippen molar-refractivity contribution >= 4 is 18.3 Å². The molecule has 42 heavy (non-hydrogen) atoms. The average Bonchev–Trinajstić information content (AvgIpc) is 2.97. The summed E-state index contributed by atoms with van der Waals surface area (Å²) in [5.41, 5.74) is 0. The van der Waals surface area contributed by atoms with Crippen molar-refractivity contribution in [1.29, 1.82) is 0 Å². The maximum Gasteiger partial charge on any atom is 0.364 e. The van der Waals surface area contributed by atoms with Crippen molar-refractivity contribution in [2.24, 2.45) is 0 Å². The number of carboxylic acids is 1. The van der Waals surface area contributed by atoms with Crippen LogP contribution in [0.5, 0.6) is 0 Å². The molecule has 18 nitrogen and oxygen atoms in total. The fourth-order valence-electron chi connectivity index (χ4n) is 4.22. The third-order valence-corrected chi connectivity index (χ3v) is 6.64. The Morgan fingerprint density at radius 3 is 2.21 bits per heavy atom. The molecule has 0 saturated carbocycles. The summed E-state index contributed by atoms with van der Waals surface area (Å²) in [6.45, 7) is -0.363. The Morgan fingerprint density at radius 1 is 1.07 bits per heavy atom. The number of methoxy groups -OCH3 is 1. The molecule has 0 aromatic carbocycles. The molecule has 1 heterocycles. The molecule has 1 aliphatic rings. The number of carbonyl (C=O) groups excluding carboxylic acids is 2. The predicted molar refractivity (Wildman–Crippen MR) is 137 cm³/mol. The normalized spacial score (nSPS) is 27.6. The number of hydrogen-bond acceptors (Lipinski definition) is 15. The number of aliphatic hydroxyl groups is 7. The van der Waals surface area contributed by atoms with Crippen LogP contribution in [-0.4, -0.2) is 166 Å². The number of ether oxygens (including phenoxy) is 5. The zero-order valence-corrected chi connectivity index (χ0v) is 23.6. The highest BCUT2D eigenvalue weighted by atomic mass is 16.8. The van der Waals surface area contributed by atoms with Crippen LogP contribution in [0.15, 0.2) is 0 Å². The van der Waals surface area contributed by atoms with E-state index in [1.54, 1.807) is 0 Å². The van der Waals surface area contributed by atoms with E-state index in [1.807, 2.05) is 0 Å². The lowest BCUT2D eigenvalue weighted by Crippen LogP contribution is -2.65. The quantitative estimate of drug-likeness (QED) is 0.0426. The van der Waals surface area contributed by atoms with Crippen LogP contribution < -0.4 is 10.6 Å². The Hall–Kier alpha value is -2.07. The number of carbonyl (C=O) groups is 3. The van der Waals surface area contributed by atoms with Gasteiger partial charge in [-0.25, -0.2) is 4.79 Å². The maximum absolute atomic E-state index is 12.5. The number of aliphatic carboxylic acids is 1. The van der Waals surface area contributed by atoms with E-state index in [9.17, 15) is 55.2 Å². The van der Waals surface area contributed by atoms with Gasteiger partial charge in [0.1, 0.15) is 48.8 Å². The van der Waals surface area contributed by atoms with Gasteiger partial charge >= 0.3 is 5.97 Å². The number of nitrogens with one attached hydrogen (secondary N) is 2. The molecule has 0 aromatic rings. The van der Waals surface area contributed by atoms with Crippen molar-refractivity contribution in [3.8, 4) is 0 Å². The summed E-state index contributed by atoms with van der Waals surface area (Å²) >= 11 is 0. The SMILES string of the molecule is CC[C@@](OC1C(O)[C@H](O[C@H](CCO)[C@@H](CNC=O)OC)O[C@@H](CO)[C@@H]1O)(OC(CNC(C)=O)[C@H](O)[C@H](O)CO)C(=O)O. The molecule has 0 aliphatic carbocycles. The number of aliphatic hydroxyl groups excluding tert-OH is 7. The van der Waals surface area contributed by atoms with Crippen LogP contribution >= 0.6 is 0 Å². The third kappa shape index (κ3) is 10.3. The topological polar surface area (TPSA) is 283 Å². The first-order valence-corrected chi connectivity index (χ1v) is 13.2. The van der Waals surface area contributed by atoms with Crippen molar-refractivity contribution in [2.75, 3.05) is 40.0 Å². The molecular weight excluding hydrogens is 572 g/mol. The highest BCUT2D eigenvalue weighted by Crippen LogP contribution is 2.32. The Kier molecular flexibility index (Phi) is 16.8. The molecule has 1 saturated heterocycles. The van der Waals surface area contributed by atoms with Crippen LogP contribution in [0.1, 0.15) is 26.7 Å². The second-order valence-electron chi connectivity index (χ2n) is 9.52. The molecule has 18 heteroatoms. The lowest BCUT2D eigenvalue weighted by molar-refractivity contribution is -0.362. The van der Waals surface area contributed by atoms with Gasteiger partial charge in [-0.1, -0.05) is 6.92 Å². The third-order valence-electron chi connectivity index (χ3n) is 6.64. The molecule has 10 N–H and O–H groups in total. The van der Waals surface area contributed by atoms with Gasteiger partial charge in [0.05, 0.1) is 19.3 Å². The van der Waals surface area contributed by atoms with Gasteiger partial charge in [0.15, 0.2) is 6.29 Å². The molecule has 0 spiro atoms. The Morgan fingerprint density at radius 2 is 1.74 bits per heavy atom. The highest BCUT2D eigenvalue weighted by Gasteiger charge is 2.53. The Balaban J connectivity index is 3.41. The molecule has 1 fully saturated rings. The first kappa shape index (κ1) is 38.0. The summed E-state index contributed by atoms with van der Waals surface area (Å²) in [5, 5.41) is 85.8. The van der Waals surface area contributed by atoms with E-state index in [2.05, 4.69) is 10.6 Å². The van der Waals surface area contributed by atoms with E-state index in [1.165, 1.54) is 14.0 Å². The van der Waals surface area contributed by atoms with Gasteiger partial charge in [-0.05, 0) is 6.42 Å². The van der Waals surface area contributed by atoms with Crippen LogP contribution in [-0.2, 0) is 38.1 Å². The van der Waals surface area contributed by atoms with Gasteiger partial charge < -0.3 is 75.2 Å². The van der Waals surface area contributed by atoms with Crippen LogP contribution in [0.4, 0.5) is 0 Å². The zero-order valence-electron chi connectivity index (χ0n) is 23.6. The molecule has 2 amide bonds. The lowest BCUT2D eigenvalue weighted by Gasteiger charge is -2.46. The molecule has 0 radical (unpaired) electrons. The number of carboxylic acid groups (broad SMARTS) is 1. The van der Waals surface area contributed by atoms with Gasteiger partial charge in [-0.15, -0.1) is 0 Å². The summed E-state index contributed by atoms with van der Waals surface area (Å²) in [6.07, 6.45) is -16.3. The van der Waals surface area contributed by atoms with Gasteiger partial charge in [0.25, 0.3) is 5.79 Å². The molecular formula is C24H44N2O16. The molecule has 0 aromatic heterocycles. The number of hydrogen-bond donors (Lipinski definition) is 10. The summed E-state index contributed by atoms with van der Waals surface area (Å²) in [6, 6.07) is 0. The van der Waals surface area contributed by atoms with Gasteiger partial charge in [-0.3, -0.25) is 9.59 Å². The average molecular weight is 617 g/mol. The van der Waals surface area contributed by atoms with Crippen LogP contribution in [0.2, 0.25) is 0 Å². The highest BCUT2D eigenvalue weighted by molar-refractivity contribution is 5.75. The number of rotatable bonds is 21. The fourth-order valence-corrected chi connectivity index (χ4v) is 4.22. The van der Waals surface area contributed by atoms with Crippen molar-refractivity contribution in [2.45, 2.75) is 93.7 Å². The van der Waals surface area contributed by atoms with E-state index >= 15 is 0 Å². The fraction of sp³-hybridized carbons (Fsp3) is 0.875. The van der Waals surface area contributed by atoms with Gasteiger partial charge in [0.2, 0.25) is 12.3 Å². The summed E-state index contributed by atoms with van der Waals surface area (Å²) in [5.74, 6) is -5.12. The van der Waals surface area contributed by atoms with Crippen LogP contribution in [0, 0.1) is 0 Å². The van der Waals surface area contributed by atoms with Gasteiger partial charge in [0, 0.05) is 40.2 Å². The van der Waals surface area contributed by atoms with E-state index < -0.39 is 112 Å². The minimum atomic E-state index is -2.73. The van der Waals surface area contributed by atoms with Crippen LogP contribution in [0.25, 0.3) is 0 Å². The van der Waals surface area contributed by atoms with Crippen molar-refractivity contribution in [1.82, 2.24) is 10.6 Å². The summed E-state index contributed by atoms with van der Waals surface area (Å²) < 4.78 is 27.8. The minimum Gasteiger partial charge on any atom is -0.477 e. The summed E-state index contributed by atoms with van der Waals surface area (Å²) in [4.78, 5) is 34.7. The second-order valence-corrected chi connectivity index (χ2v) is 9.52. The molecule has 0 bridgehead atoms.